The van der Waals surface area contributed by atoms with Crippen molar-refractivity contribution < 1.29 is 19.4 Å². The zero-order valence-corrected chi connectivity index (χ0v) is 16.1. The van der Waals surface area contributed by atoms with E-state index in [1.165, 1.54) is 27.8 Å². The van der Waals surface area contributed by atoms with Gasteiger partial charge in [-0.05, 0) is 52.7 Å². The smallest absolute Gasteiger partial charge is 0.410 e. The number of ether oxygens (including phenoxy) is 1. The highest BCUT2D eigenvalue weighted by atomic mass is 16.6. The maximum atomic E-state index is 12.7. The molecule has 1 unspecified atom stereocenters. The second-order valence-corrected chi connectivity index (χ2v) is 8.15. The number of carboxylic acids is 1. The quantitative estimate of drug-likeness (QED) is 0.789. The van der Waals surface area contributed by atoms with Crippen LogP contribution in [0.1, 0.15) is 36.3 Å². The summed E-state index contributed by atoms with van der Waals surface area (Å²) < 4.78 is 5.75. The fourth-order valence-electron chi connectivity index (χ4n) is 4.98. The topological polar surface area (TPSA) is 66.8 Å². The van der Waals surface area contributed by atoms with Gasteiger partial charge in [0.15, 0.2) is 0 Å². The summed E-state index contributed by atoms with van der Waals surface area (Å²) in [5.41, 5.74) is 7.15. The molecule has 1 amide bonds. The van der Waals surface area contributed by atoms with Crippen molar-refractivity contribution in [1.29, 1.82) is 0 Å². The maximum Gasteiger partial charge on any atom is 0.410 e. The highest BCUT2D eigenvalue weighted by Gasteiger charge is 2.35. The van der Waals surface area contributed by atoms with Crippen molar-refractivity contribution >= 4 is 12.1 Å². The highest BCUT2D eigenvalue weighted by molar-refractivity contribution is 5.79. The van der Waals surface area contributed by atoms with Crippen LogP contribution >= 0.6 is 0 Å². The monoisotopic (exact) mass is 389 g/mol. The summed E-state index contributed by atoms with van der Waals surface area (Å²) in [6, 6.07) is 16.6. The molecule has 0 spiro atoms. The van der Waals surface area contributed by atoms with Gasteiger partial charge >= 0.3 is 12.1 Å². The Morgan fingerprint density at radius 3 is 2.24 bits per heavy atom. The zero-order chi connectivity index (χ0) is 20.0. The minimum absolute atomic E-state index is 0.0490. The van der Waals surface area contributed by atoms with Gasteiger partial charge in [-0.25, -0.2) is 4.79 Å². The number of nitrogens with zero attached hydrogens (tertiary/aromatic N) is 1. The first-order valence-electron chi connectivity index (χ1n) is 10.1. The van der Waals surface area contributed by atoms with Gasteiger partial charge < -0.3 is 14.7 Å². The SMILES string of the molecule is O=C(O)C1CCC2=C(C1)CN(C(=O)OCC1c3ccccc3-c3ccccc31)C2. The molecule has 1 aliphatic heterocycles. The number of rotatable bonds is 3. The molecule has 2 aliphatic carbocycles. The lowest BCUT2D eigenvalue weighted by atomic mass is 9.85. The Kier molecular flexibility index (Phi) is 4.38. The number of amides is 1. The van der Waals surface area contributed by atoms with Gasteiger partial charge in [-0.2, -0.15) is 0 Å². The second kappa shape index (κ2) is 7.07. The molecule has 3 aliphatic rings. The van der Waals surface area contributed by atoms with Crippen LogP contribution < -0.4 is 0 Å². The lowest BCUT2D eigenvalue weighted by Crippen LogP contribution is -2.31. The van der Waals surface area contributed by atoms with Crippen molar-refractivity contribution in [2.45, 2.75) is 25.2 Å². The highest BCUT2D eigenvalue weighted by Crippen LogP contribution is 2.44. The summed E-state index contributed by atoms with van der Waals surface area (Å²) in [7, 11) is 0. The molecule has 0 bridgehead atoms. The summed E-state index contributed by atoms with van der Waals surface area (Å²) >= 11 is 0. The minimum Gasteiger partial charge on any atom is -0.481 e. The van der Waals surface area contributed by atoms with E-state index in [2.05, 4.69) is 24.3 Å². The van der Waals surface area contributed by atoms with Gasteiger partial charge in [0.05, 0.1) is 5.92 Å². The van der Waals surface area contributed by atoms with Gasteiger partial charge in [-0.3, -0.25) is 4.79 Å². The molecule has 5 heteroatoms. The van der Waals surface area contributed by atoms with Crippen LogP contribution in [-0.4, -0.2) is 41.8 Å². The molecular formula is C24H23NO4. The lowest BCUT2D eigenvalue weighted by Gasteiger charge is -2.19. The lowest BCUT2D eigenvalue weighted by molar-refractivity contribution is -0.142. The molecule has 1 N–H and O–H groups in total. The van der Waals surface area contributed by atoms with Gasteiger partial charge in [-0.15, -0.1) is 0 Å². The molecular weight excluding hydrogens is 366 g/mol. The van der Waals surface area contributed by atoms with Gasteiger partial charge in [0.25, 0.3) is 0 Å². The van der Waals surface area contributed by atoms with Crippen LogP contribution in [0.3, 0.4) is 0 Å². The molecule has 0 fully saturated rings. The van der Waals surface area contributed by atoms with E-state index in [1.54, 1.807) is 4.90 Å². The van der Waals surface area contributed by atoms with Crippen LogP contribution in [0.15, 0.2) is 59.7 Å². The zero-order valence-electron chi connectivity index (χ0n) is 16.1. The predicted molar refractivity (Wildman–Crippen MR) is 109 cm³/mol. The van der Waals surface area contributed by atoms with E-state index >= 15 is 0 Å². The molecule has 148 valence electrons. The number of hydrogen-bond donors (Lipinski definition) is 1. The number of hydrogen-bond acceptors (Lipinski definition) is 3. The van der Waals surface area contributed by atoms with Crippen molar-refractivity contribution in [3.63, 3.8) is 0 Å². The Labute approximate surface area is 169 Å². The molecule has 1 atom stereocenters. The summed E-state index contributed by atoms with van der Waals surface area (Å²) in [5.74, 6) is -1.01. The number of fused-ring (bicyclic) bond motifs is 3. The Bertz CT molecular complexity index is 980. The van der Waals surface area contributed by atoms with Crippen molar-refractivity contribution in [3.05, 3.63) is 70.8 Å². The molecule has 1 heterocycles. The number of carbonyl (C=O) groups excluding carboxylic acids is 1. The molecule has 2 aromatic carbocycles. The first kappa shape index (κ1) is 18.0. The number of aliphatic carboxylic acids is 1. The normalized spacial score (nSPS) is 20.3. The van der Waals surface area contributed by atoms with Gasteiger partial charge in [0.1, 0.15) is 6.61 Å². The van der Waals surface area contributed by atoms with Crippen molar-refractivity contribution in [2.24, 2.45) is 5.92 Å². The number of benzene rings is 2. The van der Waals surface area contributed by atoms with Crippen molar-refractivity contribution in [1.82, 2.24) is 4.90 Å². The van der Waals surface area contributed by atoms with Gasteiger partial charge in [0.2, 0.25) is 0 Å². The largest absolute Gasteiger partial charge is 0.481 e. The Hall–Kier alpha value is -3.08. The molecule has 0 saturated heterocycles. The van der Waals surface area contributed by atoms with Crippen LogP contribution in [0.4, 0.5) is 4.79 Å². The van der Waals surface area contributed by atoms with Gasteiger partial charge in [0, 0.05) is 19.0 Å². The van der Waals surface area contributed by atoms with E-state index in [-0.39, 0.29) is 17.9 Å². The molecule has 29 heavy (non-hydrogen) atoms. The third-order valence-corrected chi connectivity index (χ3v) is 6.49. The van der Waals surface area contributed by atoms with Crippen LogP contribution in [-0.2, 0) is 9.53 Å². The first-order chi connectivity index (χ1) is 14.1. The number of carbonyl (C=O) groups is 2. The summed E-state index contributed by atoms with van der Waals surface area (Å²) in [4.78, 5) is 25.7. The van der Waals surface area contributed by atoms with Crippen LogP contribution in [0.25, 0.3) is 11.1 Å². The Morgan fingerprint density at radius 2 is 1.59 bits per heavy atom. The van der Waals surface area contributed by atoms with E-state index in [9.17, 15) is 14.7 Å². The predicted octanol–water partition coefficient (Wildman–Crippen LogP) is 4.43. The van der Waals surface area contributed by atoms with E-state index in [4.69, 9.17) is 4.74 Å². The second-order valence-electron chi connectivity index (χ2n) is 8.15. The molecule has 5 rings (SSSR count). The van der Waals surface area contributed by atoms with E-state index in [1.807, 2.05) is 24.3 Å². The molecule has 0 saturated carbocycles. The average molecular weight is 389 g/mol. The van der Waals surface area contributed by atoms with Gasteiger partial charge in [-0.1, -0.05) is 48.5 Å². The van der Waals surface area contributed by atoms with E-state index in [0.717, 1.165) is 12.0 Å². The minimum atomic E-state index is -0.740. The molecule has 5 nitrogen and oxygen atoms in total. The fraction of sp³-hybridized carbons (Fsp3) is 0.333. The Balaban J connectivity index is 1.26. The Morgan fingerprint density at radius 1 is 0.966 bits per heavy atom. The van der Waals surface area contributed by atoms with Crippen molar-refractivity contribution in [3.8, 4) is 11.1 Å². The standard InChI is InChI=1S/C24H23NO4/c26-23(27)15-9-10-16-12-25(13-17(16)11-15)24(28)29-14-22-20-7-3-1-5-18(20)19-6-2-4-8-21(19)22/h1-8,15,22H,9-14H2,(H,26,27). The van der Waals surface area contributed by atoms with Crippen LogP contribution in [0.5, 0.6) is 0 Å². The summed E-state index contributed by atoms with van der Waals surface area (Å²) in [6.07, 6.45) is 1.66. The number of carboxylic acid groups (broad SMARTS) is 1. The van der Waals surface area contributed by atoms with Crippen LogP contribution in [0.2, 0.25) is 0 Å². The first-order valence-corrected chi connectivity index (χ1v) is 10.1. The van der Waals surface area contributed by atoms with E-state index in [0.29, 0.717) is 32.5 Å². The maximum absolute atomic E-state index is 12.7. The third kappa shape index (κ3) is 3.11. The fourth-order valence-corrected chi connectivity index (χ4v) is 4.98. The molecule has 0 aromatic heterocycles. The van der Waals surface area contributed by atoms with Crippen LogP contribution in [0, 0.1) is 5.92 Å². The molecule has 0 radical (unpaired) electrons. The summed E-state index contributed by atoms with van der Waals surface area (Å²) in [6.45, 7) is 1.37. The summed E-state index contributed by atoms with van der Waals surface area (Å²) in [5, 5.41) is 9.27. The average Bonchev–Trinajstić information content (AvgIpc) is 3.31. The third-order valence-electron chi connectivity index (χ3n) is 6.49. The van der Waals surface area contributed by atoms with E-state index < -0.39 is 5.97 Å². The molecule has 2 aromatic rings. The van der Waals surface area contributed by atoms with Crippen molar-refractivity contribution in [2.75, 3.05) is 19.7 Å².